The molecule has 0 aliphatic carbocycles. The summed E-state index contributed by atoms with van der Waals surface area (Å²) in [5, 5.41) is 0. The Morgan fingerprint density at radius 2 is 1.93 bits per heavy atom. The minimum Gasteiger partial charge on any atom is -0.463 e. The lowest BCUT2D eigenvalue weighted by Gasteiger charge is -1.91. The van der Waals surface area contributed by atoms with Crippen molar-refractivity contribution in [3.63, 3.8) is 0 Å². The van der Waals surface area contributed by atoms with E-state index in [9.17, 15) is 4.79 Å². The Hall–Kier alpha value is -1.93. The average Bonchev–Trinajstić information content (AvgIpc) is 2.17. The zero-order valence-corrected chi connectivity index (χ0v) is 8.33. The van der Waals surface area contributed by atoms with Crippen LogP contribution in [0.3, 0.4) is 0 Å². The molecule has 0 heterocycles. The van der Waals surface area contributed by atoms with Gasteiger partial charge in [-0.05, 0) is 37.8 Å². The molecule has 0 aromatic carbocycles. The van der Waals surface area contributed by atoms with Gasteiger partial charge >= 0.3 is 5.97 Å². The Morgan fingerprint density at radius 3 is 2.50 bits per heavy atom. The molecule has 0 rings (SSSR count). The van der Waals surface area contributed by atoms with Crippen LogP contribution in [-0.4, -0.2) is 12.6 Å². The lowest BCUT2D eigenvalue weighted by molar-refractivity contribution is -0.137. The Bertz CT molecular complexity index is 340. The number of hydrogen-bond donors (Lipinski definition) is 0. The number of rotatable bonds is 2. The van der Waals surface area contributed by atoms with Gasteiger partial charge in [-0.25, -0.2) is 4.79 Å². The summed E-state index contributed by atoms with van der Waals surface area (Å²) in [6.07, 6.45) is 6.21. The van der Waals surface area contributed by atoms with Gasteiger partial charge in [0.1, 0.15) is 0 Å². The minimum absolute atomic E-state index is 0.373. The van der Waals surface area contributed by atoms with Crippen molar-refractivity contribution in [1.29, 1.82) is 0 Å². The first-order chi connectivity index (χ1) is 6.81. The number of ether oxygens (including phenoxy) is 1. The predicted molar refractivity (Wildman–Crippen MR) is 56.1 cm³/mol. The number of allylic oxidation sites excluding steroid dienone is 3. The maximum absolute atomic E-state index is 10.8. The maximum atomic E-state index is 10.8. The lowest BCUT2D eigenvalue weighted by Crippen LogP contribution is -1.98. The van der Waals surface area contributed by atoms with Crippen LogP contribution in [-0.2, 0) is 9.53 Å². The van der Waals surface area contributed by atoms with Crippen LogP contribution >= 0.6 is 0 Å². The molecule has 0 unspecified atom stereocenters. The number of carbonyl (C=O) groups is 1. The Morgan fingerprint density at radius 1 is 1.29 bits per heavy atom. The first-order valence-electron chi connectivity index (χ1n) is 4.26. The first-order valence-corrected chi connectivity index (χ1v) is 4.26. The molecular formula is C12H12O2. The second-order valence-electron chi connectivity index (χ2n) is 2.12. The predicted octanol–water partition coefficient (Wildman–Crippen LogP) is 1.69. The molecule has 0 amide bonds. The third-order valence-corrected chi connectivity index (χ3v) is 1.05. The van der Waals surface area contributed by atoms with Crippen LogP contribution in [0.4, 0.5) is 0 Å². The van der Waals surface area contributed by atoms with Gasteiger partial charge in [-0.1, -0.05) is 17.9 Å². The van der Waals surface area contributed by atoms with Crippen molar-refractivity contribution in [2.75, 3.05) is 6.61 Å². The Labute approximate surface area is 84.6 Å². The van der Waals surface area contributed by atoms with Crippen LogP contribution in [0.2, 0.25) is 0 Å². The summed E-state index contributed by atoms with van der Waals surface area (Å²) in [5.74, 6) is 10.1. The average molecular weight is 188 g/mol. The van der Waals surface area contributed by atoms with Gasteiger partial charge in [0.15, 0.2) is 0 Å². The van der Waals surface area contributed by atoms with E-state index in [0.29, 0.717) is 6.61 Å². The molecule has 0 radical (unpaired) electrons. The van der Waals surface area contributed by atoms with Crippen LogP contribution in [0.15, 0.2) is 24.3 Å². The highest BCUT2D eigenvalue weighted by atomic mass is 16.5. The molecule has 0 saturated carbocycles. The van der Waals surface area contributed by atoms with E-state index in [0.717, 1.165) is 0 Å². The van der Waals surface area contributed by atoms with Gasteiger partial charge in [-0.2, -0.15) is 0 Å². The molecule has 0 aromatic rings. The molecule has 0 atom stereocenters. The van der Waals surface area contributed by atoms with Crippen molar-refractivity contribution in [2.45, 2.75) is 13.8 Å². The zero-order chi connectivity index (χ0) is 10.6. The summed E-state index contributed by atoms with van der Waals surface area (Å²) in [5.41, 5.74) is 0. The van der Waals surface area contributed by atoms with E-state index in [4.69, 9.17) is 0 Å². The van der Waals surface area contributed by atoms with Gasteiger partial charge in [0.05, 0.1) is 6.61 Å². The summed E-state index contributed by atoms with van der Waals surface area (Å²) >= 11 is 0. The fraction of sp³-hybridized carbons (Fsp3) is 0.250. The summed E-state index contributed by atoms with van der Waals surface area (Å²) in [6, 6.07) is 0. The summed E-state index contributed by atoms with van der Waals surface area (Å²) in [4.78, 5) is 10.8. The molecule has 0 saturated heterocycles. The van der Waals surface area contributed by atoms with Crippen LogP contribution in [0, 0.1) is 23.7 Å². The van der Waals surface area contributed by atoms with E-state index in [1.807, 2.05) is 13.0 Å². The van der Waals surface area contributed by atoms with Gasteiger partial charge in [-0.15, -0.1) is 0 Å². The molecule has 0 aliphatic heterocycles. The van der Waals surface area contributed by atoms with Crippen LogP contribution in [0.25, 0.3) is 0 Å². The van der Waals surface area contributed by atoms with E-state index in [1.54, 1.807) is 13.0 Å². The SMILES string of the molecule is C/C=C\C#CC#C/C=C\C(=O)OCC. The fourth-order valence-corrected chi connectivity index (χ4v) is 0.539. The second-order valence-corrected chi connectivity index (χ2v) is 2.12. The van der Waals surface area contributed by atoms with E-state index >= 15 is 0 Å². The molecule has 72 valence electrons. The van der Waals surface area contributed by atoms with Crippen molar-refractivity contribution >= 4 is 5.97 Å². The molecule has 2 nitrogen and oxygen atoms in total. The van der Waals surface area contributed by atoms with Crippen molar-refractivity contribution < 1.29 is 9.53 Å². The van der Waals surface area contributed by atoms with E-state index < -0.39 is 0 Å². The maximum Gasteiger partial charge on any atom is 0.331 e. The smallest absolute Gasteiger partial charge is 0.331 e. The molecule has 0 N–H and O–H groups in total. The van der Waals surface area contributed by atoms with Crippen molar-refractivity contribution in [2.24, 2.45) is 0 Å². The highest BCUT2D eigenvalue weighted by Gasteiger charge is 1.89. The monoisotopic (exact) mass is 188 g/mol. The van der Waals surface area contributed by atoms with Gasteiger partial charge in [0, 0.05) is 6.08 Å². The van der Waals surface area contributed by atoms with Crippen molar-refractivity contribution in [1.82, 2.24) is 0 Å². The molecule has 0 fully saturated rings. The third kappa shape index (κ3) is 8.17. The summed E-state index contributed by atoms with van der Waals surface area (Å²) in [7, 11) is 0. The van der Waals surface area contributed by atoms with E-state index in [2.05, 4.69) is 28.4 Å². The van der Waals surface area contributed by atoms with Crippen LogP contribution in [0.1, 0.15) is 13.8 Å². The van der Waals surface area contributed by atoms with Crippen molar-refractivity contribution in [3.05, 3.63) is 24.3 Å². The normalized spacial score (nSPS) is 9.00. The van der Waals surface area contributed by atoms with Gasteiger partial charge in [0.25, 0.3) is 0 Å². The highest BCUT2D eigenvalue weighted by Crippen LogP contribution is 1.79. The highest BCUT2D eigenvalue weighted by molar-refractivity contribution is 5.82. The quantitative estimate of drug-likeness (QED) is 0.374. The number of hydrogen-bond acceptors (Lipinski definition) is 2. The minimum atomic E-state index is -0.386. The Kier molecular flexibility index (Phi) is 7.90. The van der Waals surface area contributed by atoms with Gasteiger partial charge in [0.2, 0.25) is 0 Å². The fourth-order valence-electron chi connectivity index (χ4n) is 0.539. The van der Waals surface area contributed by atoms with Crippen LogP contribution in [0.5, 0.6) is 0 Å². The molecule has 0 spiro atoms. The zero-order valence-electron chi connectivity index (χ0n) is 8.33. The summed E-state index contributed by atoms with van der Waals surface area (Å²) in [6.45, 7) is 4.00. The van der Waals surface area contributed by atoms with Crippen LogP contribution < -0.4 is 0 Å². The first kappa shape index (κ1) is 12.1. The molecule has 2 heteroatoms. The summed E-state index contributed by atoms with van der Waals surface area (Å²) < 4.78 is 4.65. The van der Waals surface area contributed by atoms with E-state index in [1.165, 1.54) is 12.2 Å². The topological polar surface area (TPSA) is 26.3 Å². The lowest BCUT2D eigenvalue weighted by atomic mass is 10.4. The number of carbonyl (C=O) groups excluding carboxylic acids is 1. The molecular weight excluding hydrogens is 176 g/mol. The molecule has 14 heavy (non-hydrogen) atoms. The molecule has 0 bridgehead atoms. The molecule has 0 aromatic heterocycles. The van der Waals surface area contributed by atoms with E-state index in [-0.39, 0.29) is 5.97 Å². The molecule has 0 aliphatic rings. The van der Waals surface area contributed by atoms with Gasteiger partial charge in [-0.3, -0.25) is 0 Å². The number of esters is 1. The van der Waals surface area contributed by atoms with Crippen molar-refractivity contribution in [3.8, 4) is 23.7 Å². The Balaban J connectivity index is 3.93. The second kappa shape index (κ2) is 9.16. The standard InChI is InChI=1S/C12H12O2/c1-3-5-6-7-8-9-10-11-12(13)14-4-2/h3,5,10-11H,4H2,1-2H3/b5-3-,11-10-. The third-order valence-electron chi connectivity index (χ3n) is 1.05. The van der Waals surface area contributed by atoms with Gasteiger partial charge < -0.3 is 4.74 Å². The largest absolute Gasteiger partial charge is 0.463 e.